The first-order valence-electron chi connectivity index (χ1n) is 5.79. The number of nitrogens with one attached hydrogen (secondary N) is 1. The van der Waals surface area contributed by atoms with E-state index in [4.69, 9.17) is 12.2 Å². The Morgan fingerprint density at radius 3 is 2.58 bits per heavy atom. The Bertz CT molecular complexity index is 718. The number of rotatable bonds is 3. The zero-order valence-electron chi connectivity index (χ0n) is 10.0. The molecule has 0 radical (unpaired) electrons. The van der Waals surface area contributed by atoms with Crippen LogP contribution < -0.4 is 0 Å². The molecular formula is C13H11N5S. The van der Waals surface area contributed by atoms with E-state index in [0.717, 1.165) is 17.0 Å². The molecule has 6 heteroatoms. The van der Waals surface area contributed by atoms with Gasteiger partial charge in [0.1, 0.15) is 0 Å². The fourth-order valence-electron chi connectivity index (χ4n) is 1.85. The van der Waals surface area contributed by atoms with Gasteiger partial charge in [-0.15, -0.1) is 0 Å². The van der Waals surface area contributed by atoms with Gasteiger partial charge in [0.2, 0.25) is 0 Å². The topological polar surface area (TPSA) is 59.4 Å². The molecule has 0 aliphatic carbocycles. The fourth-order valence-corrected chi connectivity index (χ4v) is 2.05. The largest absolute Gasteiger partial charge is 0.296 e. The van der Waals surface area contributed by atoms with Crippen molar-refractivity contribution in [3.63, 3.8) is 0 Å². The molecule has 0 spiro atoms. The summed E-state index contributed by atoms with van der Waals surface area (Å²) in [7, 11) is 0. The van der Waals surface area contributed by atoms with Crippen molar-refractivity contribution in [2.75, 3.05) is 0 Å². The quantitative estimate of drug-likeness (QED) is 0.742. The Balaban J connectivity index is 2.03. The van der Waals surface area contributed by atoms with Crippen molar-refractivity contribution in [3.05, 3.63) is 59.4 Å². The molecule has 3 heterocycles. The first-order valence-corrected chi connectivity index (χ1v) is 6.20. The minimum Gasteiger partial charge on any atom is -0.296 e. The van der Waals surface area contributed by atoms with E-state index in [1.54, 1.807) is 18.6 Å². The molecule has 1 N–H and O–H groups in total. The molecule has 0 aromatic carbocycles. The molecule has 0 unspecified atom stereocenters. The maximum absolute atomic E-state index is 5.28. The van der Waals surface area contributed by atoms with E-state index in [2.05, 4.69) is 20.2 Å². The van der Waals surface area contributed by atoms with Crippen LogP contribution in [0.3, 0.4) is 0 Å². The minimum absolute atomic E-state index is 0.586. The van der Waals surface area contributed by atoms with Gasteiger partial charge in [0, 0.05) is 30.4 Å². The zero-order chi connectivity index (χ0) is 13.1. The lowest BCUT2D eigenvalue weighted by atomic mass is 10.2. The van der Waals surface area contributed by atoms with Crippen molar-refractivity contribution in [1.29, 1.82) is 0 Å². The van der Waals surface area contributed by atoms with E-state index in [-0.39, 0.29) is 0 Å². The van der Waals surface area contributed by atoms with Crippen LogP contribution in [0.5, 0.6) is 0 Å². The molecular weight excluding hydrogens is 258 g/mol. The number of nitrogens with zero attached hydrogens (tertiary/aromatic N) is 4. The Labute approximate surface area is 115 Å². The van der Waals surface area contributed by atoms with Gasteiger partial charge in [0.25, 0.3) is 0 Å². The number of H-pyrrole nitrogens is 1. The van der Waals surface area contributed by atoms with E-state index >= 15 is 0 Å². The SMILES string of the molecule is S=c1[nH]nc(-c2cccnc2)n1Cc1cccnc1. The maximum Gasteiger partial charge on any atom is 0.195 e. The lowest BCUT2D eigenvalue weighted by Gasteiger charge is -2.06. The van der Waals surface area contributed by atoms with Crippen molar-refractivity contribution in [2.24, 2.45) is 0 Å². The van der Waals surface area contributed by atoms with E-state index in [1.807, 2.05) is 35.0 Å². The highest BCUT2D eigenvalue weighted by molar-refractivity contribution is 7.71. The van der Waals surface area contributed by atoms with Crippen LogP contribution in [0.25, 0.3) is 11.4 Å². The van der Waals surface area contributed by atoms with Crippen molar-refractivity contribution in [3.8, 4) is 11.4 Å². The van der Waals surface area contributed by atoms with Gasteiger partial charge in [-0.2, -0.15) is 5.10 Å². The number of aromatic amines is 1. The van der Waals surface area contributed by atoms with Gasteiger partial charge >= 0.3 is 0 Å². The van der Waals surface area contributed by atoms with Crippen LogP contribution >= 0.6 is 12.2 Å². The number of aromatic nitrogens is 5. The van der Waals surface area contributed by atoms with E-state index in [1.165, 1.54) is 0 Å². The summed E-state index contributed by atoms with van der Waals surface area (Å²) in [5, 5.41) is 7.09. The number of hydrogen-bond donors (Lipinski definition) is 1. The smallest absolute Gasteiger partial charge is 0.195 e. The summed E-state index contributed by atoms with van der Waals surface area (Å²) in [5.74, 6) is 0.780. The highest BCUT2D eigenvalue weighted by Crippen LogP contribution is 2.16. The molecule has 0 amide bonds. The average Bonchev–Trinajstić information content (AvgIpc) is 2.82. The summed E-state index contributed by atoms with van der Waals surface area (Å²) in [6.45, 7) is 0.632. The lowest BCUT2D eigenvalue weighted by molar-refractivity contribution is 0.786. The predicted octanol–water partition coefficient (Wildman–Crippen LogP) is 2.45. The van der Waals surface area contributed by atoms with Crippen molar-refractivity contribution in [1.82, 2.24) is 24.7 Å². The van der Waals surface area contributed by atoms with Crippen LogP contribution in [0.4, 0.5) is 0 Å². The first kappa shape index (κ1) is 11.7. The van der Waals surface area contributed by atoms with Crippen LogP contribution in [-0.4, -0.2) is 24.7 Å². The summed E-state index contributed by atoms with van der Waals surface area (Å²) in [6.07, 6.45) is 7.07. The van der Waals surface area contributed by atoms with Crippen LogP contribution in [0, 0.1) is 4.77 Å². The van der Waals surface area contributed by atoms with Gasteiger partial charge in [-0.25, -0.2) is 0 Å². The van der Waals surface area contributed by atoms with Gasteiger partial charge in [-0.05, 0) is 36.0 Å². The average molecular weight is 269 g/mol. The summed E-state index contributed by atoms with van der Waals surface area (Å²) in [4.78, 5) is 8.21. The summed E-state index contributed by atoms with van der Waals surface area (Å²) in [5.41, 5.74) is 2.00. The third-order valence-electron chi connectivity index (χ3n) is 2.74. The van der Waals surface area contributed by atoms with Crippen LogP contribution in [0.15, 0.2) is 49.1 Å². The van der Waals surface area contributed by atoms with Crippen LogP contribution in [0.2, 0.25) is 0 Å². The highest BCUT2D eigenvalue weighted by atomic mass is 32.1. The van der Waals surface area contributed by atoms with Crippen molar-refractivity contribution < 1.29 is 0 Å². The monoisotopic (exact) mass is 269 g/mol. The van der Waals surface area contributed by atoms with Crippen molar-refractivity contribution in [2.45, 2.75) is 6.54 Å². The van der Waals surface area contributed by atoms with E-state index < -0.39 is 0 Å². The Hall–Kier alpha value is -2.34. The molecule has 3 rings (SSSR count). The van der Waals surface area contributed by atoms with Crippen LogP contribution in [-0.2, 0) is 6.54 Å². The third kappa shape index (κ3) is 2.43. The second-order valence-corrected chi connectivity index (χ2v) is 4.43. The minimum atomic E-state index is 0.586. The fraction of sp³-hybridized carbons (Fsp3) is 0.0769. The Morgan fingerprint density at radius 2 is 1.89 bits per heavy atom. The normalized spacial score (nSPS) is 10.5. The molecule has 0 saturated carbocycles. The molecule has 0 saturated heterocycles. The summed E-state index contributed by atoms with van der Waals surface area (Å²) < 4.78 is 2.52. The maximum atomic E-state index is 5.28. The predicted molar refractivity (Wildman–Crippen MR) is 74.0 cm³/mol. The van der Waals surface area contributed by atoms with Gasteiger partial charge in [-0.1, -0.05) is 6.07 Å². The highest BCUT2D eigenvalue weighted by Gasteiger charge is 2.09. The molecule has 0 fully saturated rings. The van der Waals surface area contributed by atoms with Gasteiger partial charge in [0.05, 0.1) is 6.54 Å². The van der Waals surface area contributed by atoms with Crippen LogP contribution in [0.1, 0.15) is 5.56 Å². The molecule has 19 heavy (non-hydrogen) atoms. The first-order chi connectivity index (χ1) is 9.34. The Kier molecular flexibility index (Phi) is 3.16. The third-order valence-corrected chi connectivity index (χ3v) is 3.05. The number of hydrogen-bond acceptors (Lipinski definition) is 4. The molecule has 3 aromatic rings. The van der Waals surface area contributed by atoms with Gasteiger partial charge in [0.15, 0.2) is 10.6 Å². The van der Waals surface area contributed by atoms with Gasteiger partial charge < -0.3 is 0 Å². The molecule has 0 atom stereocenters. The van der Waals surface area contributed by atoms with E-state index in [9.17, 15) is 0 Å². The molecule has 94 valence electrons. The summed E-state index contributed by atoms with van der Waals surface area (Å²) >= 11 is 5.28. The van der Waals surface area contributed by atoms with E-state index in [0.29, 0.717) is 11.3 Å². The molecule has 0 aliphatic heterocycles. The Morgan fingerprint density at radius 1 is 1.11 bits per heavy atom. The standard InChI is InChI=1S/C13H11N5S/c19-13-17-16-12(11-4-2-6-15-8-11)18(13)9-10-3-1-5-14-7-10/h1-8H,9H2,(H,17,19). The molecule has 3 aromatic heterocycles. The number of pyridine rings is 2. The second-order valence-electron chi connectivity index (χ2n) is 4.04. The zero-order valence-corrected chi connectivity index (χ0v) is 10.8. The second kappa shape index (κ2) is 5.11. The van der Waals surface area contributed by atoms with Gasteiger partial charge in [-0.3, -0.25) is 19.6 Å². The molecule has 0 bridgehead atoms. The van der Waals surface area contributed by atoms with Crippen molar-refractivity contribution >= 4 is 12.2 Å². The lowest BCUT2D eigenvalue weighted by Crippen LogP contribution is -2.02. The molecule has 0 aliphatic rings. The molecule has 5 nitrogen and oxygen atoms in total. The summed E-state index contributed by atoms with van der Waals surface area (Å²) in [6, 6.07) is 7.75.